The monoisotopic (exact) mass is 401 g/mol. The van der Waals surface area contributed by atoms with Gasteiger partial charge in [-0.1, -0.05) is 48.5 Å². The first-order valence-electron chi connectivity index (χ1n) is 9.63. The first kappa shape index (κ1) is 18.0. The Labute approximate surface area is 172 Å². The molecule has 0 amide bonds. The Morgan fingerprint density at radius 2 is 1.79 bits per heavy atom. The van der Waals surface area contributed by atoms with Gasteiger partial charge in [0.1, 0.15) is 5.01 Å². The minimum absolute atomic E-state index is 0.0244. The van der Waals surface area contributed by atoms with Crippen molar-refractivity contribution >= 4 is 27.5 Å². The molecular formula is C23H19N3O2S. The van der Waals surface area contributed by atoms with Gasteiger partial charge in [0.05, 0.1) is 21.8 Å². The summed E-state index contributed by atoms with van der Waals surface area (Å²) < 4.78 is 1.04. The number of carbonyl (C=O) groups is 1. The van der Waals surface area contributed by atoms with Crippen LogP contribution in [0.3, 0.4) is 0 Å². The van der Waals surface area contributed by atoms with E-state index in [1.54, 1.807) is 28.5 Å². The summed E-state index contributed by atoms with van der Waals surface area (Å²) >= 11 is 1.62. The Hall–Kier alpha value is -3.09. The summed E-state index contributed by atoms with van der Waals surface area (Å²) in [5.74, 6) is -0.328. The third-order valence-electron chi connectivity index (χ3n) is 5.10. The van der Waals surface area contributed by atoms with Crippen molar-refractivity contribution < 1.29 is 9.63 Å². The van der Waals surface area contributed by atoms with E-state index in [1.165, 1.54) is 0 Å². The van der Waals surface area contributed by atoms with Crippen LogP contribution in [0, 0.1) is 0 Å². The molecule has 0 bridgehead atoms. The van der Waals surface area contributed by atoms with Gasteiger partial charge in [-0.2, -0.15) is 0 Å². The molecule has 5 nitrogen and oxygen atoms in total. The van der Waals surface area contributed by atoms with E-state index in [4.69, 9.17) is 9.82 Å². The molecule has 0 spiro atoms. The van der Waals surface area contributed by atoms with E-state index in [0.717, 1.165) is 39.2 Å². The summed E-state index contributed by atoms with van der Waals surface area (Å²) in [5, 5.41) is 2.74. The zero-order valence-electron chi connectivity index (χ0n) is 15.7. The molecule has 0 unspecified atom stereocenters. The first-order valence-corrected chi connectivity index (χ1v) is 10.4. The van der Waals surface area contributed by atoms with E-state index in [1.807, 2.05) is 48.8 Å². The summed E-state index contributed by atoms with van der Waals surface area (Å²) in [7, 11) is 0. The maximum atomic E-state index is 12.5. The van der Waals surface area contributed by atoms with E-state index in [2.05, 4.69) is 17.1 Å². The fraction of sp³-hybridized carbons (Fsp3) is 0.174. The van der Waals surface area contributed by atoms with Gasteiger partial charge in [0.25, 0.3) is 0 Å². The van der Waals surface area contributed by atoms with Gasteiger partial charge < -0.3 is 4.84 Å². The Kier molecular flexibility index (Phi) is 4.79. The second kappa shape index (κ2) is 7.73. The molecule has 6 heteroatoms. The number of carbonyl (C=O) groups excluding carboxylic acids is 1. The minimum Gasteiger partial charge on any atom is -0.363 e. The van der Waals surface area contributed by atoms with Gasteiger partial charge in [0.2, 0.25) is 0 Å². The average molecular weight is 401 g/mol. The number of aromatic nitrogens is 2. The number of hydroxylamine groups is 2. The second-order valence-corrected chi connectivity index (χ2v) is 8.06. The highest BCUT2D eigenvalue weighted by Crippen LogP contribution is 2.39. The van der Waals surface area contributed by atoms with E-state index in [0.29, 0.717) is 12.1 Å². The van der Waals surface area contributed by atoms with Crippen LogP contribution in [0.4, 0.5) is 0 Å². The predicted molar refractivity (Wildman–Crippen MR) is 113 cm³/mol. The van der Waals surface area contributed by atoms with Crippen LogP contribution in [-0.2, 0) is 4.84 Å². The largest absolute Gasteiger partial charge is 0.363 e. The van der Waals surface area contributed by atoms with E-state index in [9.17, 15) is 4.79 Å². The second-order valence-electron chi connectivity index (χ2n) is 7.00. The van der Waals surface area contributed by atoms with Crippen molar-refractivity contribution in [3.8, 4) is 11.1 Å². The summed E-state index contributed by atoms with van der Waals surface area (Å²) in [4.78, 5) is 27.6. The molecule has 0 saturated carbocycles. The highest BCUT2D eigenvalue weighted by atomic mass is 32.1. The van der Waals surface area contributed by atoms with Gasteiger partial charge in [-0.3, -0.25) is 4.98 Å². The maximum absolute atomic E-state index is 12.5. The zero-order chi connectivity index (χ0) is 19.6. The van der Waals surface area contributed by atoms with Crippen LogP contribution in [0.5, 0.6) is 0 Å². The fourth-order valence-corrected chi connectivity index (χ4v) is 4.77. The van der Waals surface area contributed by atoms with Crippen molar-refractivity contribution in [3.05, 3.63) is 83.6 Å². The molecule has 2 aromatic carbocycles. The van der Waals surface area contributed by atoms with Gasteiger partial charge in [-0.15, -0.1) is 16.4 Å². The molecular weight excluding hydrogens is 382 g/mol. The van der Waals surface area contributed by atoms with Crippen molar-refractivity contribution in [3.63, 3.8) is 0 Å². The lowest BCUT2D eigenvalue weighted by Gasteiger charge is -2.21. The van der Waals surface area contributed by atoms with Crippen LogP contribution in [0.25, 0.3) is 21.3 Å². The Balaban J connectivity index is 1.45. The standard InChI is InChI=1S/C23H19N3O2S/c27-23(17-10-5-2-6-11-17)28-26-13-7-12-19(26)22-25-21-18(14-24-15-20(21)29-22)16-8-3-1-4-9-16/h1-6,8-11,14-15,19H,7,12-13H2/t19-/m0/s1. The number of nitrogens with zero attached hydrogens (tertiary/aromatic N) is 3. The smallest absolute Gasteiger partial charge is 0.357 e. The topological polar surface area (TPSA) is 55.3 Å². The highest BCUT2D eigenvalue weighted by molar-refractivity contribution is 7.18. The van der Waals surface area contributed by atoms with Crippen LogP contribution in [0.1, 0.15) is 34.2 Å². The van der Waals surface area contributed by atoms with Crippen LogP contribution < -0.4 is 0 Å². The molecule has 0 N–H and O–H groups in total. The van der Waals surface area contributed by atoms with E-state index < -0.39 is 0 Å². The average Bonchev–Trinajstić information content (AvgIpc) is 3.41. The third kappa shape index (κ3) is 3.52. The Morgan fingerprint density at radius 3 is 2.59 bits per heavy atom. The van der Waals surface area contributed by atoms with Crippen molar-refractivity contribution in [2.75, 3.05) is 6.54 Å². The summed E-state index contributed by atoms with van der Waals surface area (Å²) in [6.45, 7) is 0.711. The fourth-order valence-electron chi connectivity index (χ4n) is 3.67. The number of fused-ring (bicyclic) bond motifs is 1. The van der Waals surface area contributed by atoms with Gasteiger partial charge in [0.15, 0.2) is 0 Å². The van der Waals surface area contributed by atoms with E-state index in [-0.39, 0.29) is 12.0 Å². The van der Waals surface area contributed by atoms with E-state index >= 15 is 0 Å². The molecule has 1 aliphatic heterocycles. The van der Waals surface area contributed by atoms with Crippen molar-refractivity contribution in [1.29, 1.82) is 0 Å². The van der Waals surface area contributed by atoms with Gasteiger partial charge in [-0.25, -0.2) is 9.78 Å². The molecule has 0 aliphatic carbocycles. The summed E-state index contributed by atoms with van der Waals surface area (Å²) in [5.41, 5.74) is 3.63. The highest BCUT2D eigenvalue weighted by Gasteiger charge is 2.32. The molecule has 2 aromatic heterocycles. The SMILES string of the molecule is O=C(ON1CCC[C@H]1c1nc2c(-c3ccccc3)cncc2s1)c1ccccc1. The number of pyridine rings is 1. The van der Waals surface area contributed by atoms with Gasteiger partial charge in [0, 0.05) is 24.5 Å². The maximum Gasteiger partial charge on any atom is 0.357 e. The number of hydrogen-bond acceptors (Lipinski definition) is 6. The molecule has 29 heavy (non-hydrogen) atoms. The minimum atomic E-state index is -0.328. The van der Waals surface area contributed by atoms with Crippen molar-refractivity contribution in [1.82, 2.24) is 15.0 Å². The molecule has 1 aliphatic rings. The Morgan fingerprint density at radius 1 is 1.03 bits per heavy atom. The molecule has 1 atom stereocenters. The van der Waals surface area contributed by atoms with Crippen molar-refractivity contribution in [2.45, 2.75) is 18.9 Å². The molecule has 0 radical (unpaired) electrons. The van der Waals surface area contributed by atoms with Crippen molar-refractivity contribution in [2.24, 2.45) is 0 Å². The normalized spacial score (nSPS) is 16.9. The number of hydrogen-bond donors (Lipinski definition) is 0. The third-order valence-corrected chi connectivity index (χ3v) is 6.19. The molecule has 144 valence electrons. The lowest BCUT2D eigenvalue weighted by Crippen LogP contribution is -2.27. The molecule has 5 rings (SSSR count). The van der Waals surface area contributed by atoms with Crippen LogP contribution in [-0.4, -0.2) is 27.5 Å². The van der Waals surface area contributed by atoms with Gasteiger partial charge >= 0.3 is 5.97 Å². The molecule has 1 saturated heterocycles. The lowest BCUT2D eigenvalue weighted by atomic mass is 10.1. The van der Waals surface area contributed by atoms with Crippen LogP contribution >= 0.6 is 11.3 Å². The first-order chi connectivity index (χ1) is 14.3. The molecule has 3 heterocycles. The predicted octanol–water partition coefficient (Wildman–Crippen LogP) is 5.27. The van der Waals surface area contributed by atoms with Crippen LogP contribution in [0.15, 0.2) is 73.1 Å². The quantitative estimate of drug-likeness (QED) is 0.466. The number of benzene rings is 2. The Bertz CT molecular complexity index is 1140. The number of rotatable bonds is 4. The molecule has 4 aromatic rings. The summed E-state index contributed by atoms with van der Waals surface area (Å²) in [6, 6.07) is 19.2. The lowest BCUT2D eigenvalue weighted by molar-refractivity contribution is -0.120. The number of thiazole rings is 1. The van der Waals surface area contributed by atoms with Gasteiger partial charge in [-0.05, 0) is 30.5 Å². The summed E-state index contributed by atoms with van der Waals surface area (Å²) in [6.07, 6.45) is 5.60. The zero-order valence-corrected chi connectivity index (χ0v) is 16.5. The molecule has 1 fully saturated rings. The van der Waals surface area contributed by atoms with Crippen LogP contribution in [0.2, 0.25) is 0 Å².